The van der Waals surface area contributed by atoms with Crippen LogP contribution in [0.15, 0.2) is 53.4 Å². The Kier molecular flexibility index (Phi) is 6.22. The van der Waals surface area contributed by atoms with Crippen molar-refractivity contribution in [3.63, 3.8) is 0 Å². The molecule has 0 fully saturated rings. The fourth-order valence-electron chi connectivity index (χ4n) is 2.25. The van der Waals surface area contributed by atoms with Gasteiger partial charge in [0.2, 0.25) is 10.0 Å². The van der Waals surface area contributed by atoms with Crippen molar-refractivity contribution >= 4 is 16.0 Å². The number of hydrogen-bond donors (Lipinski definition) is 1. The zero-order valence-electron chi connectivity index (χ0n) is 13.4. The molecular formula is C17H17F2NO4S. The molecule has 2 rings (SSSR count). The highest BCUT2D eigenvalue weighted by molar-refractivity contribution is 7.89. The molecule has 0 amide bonds. The number of carbonyl (C=O) groups excluding carboxylic acids is 1. The van der Waals surface area contributed by atoms with Gasteiger partial charge >= 0.3 is 5.97 Å². The van der Waals surface area contributed by atoms with E-state index in [1.54, 1.807) is 37.3 Å². The summed E-state index contributed by atoms with van der Waals surface area (Å²) < 4.78 is 59.3. The summed E-state index contributed by atoms with van der Waals surface area (Å²) in [5.41, 5.74) is 0.664. The maximum absolute atomic E-state index is 13.8. The normalized spacial score (nSPS) is 12.6. The van der Waals surface area contributed by atoms with Gasteiger partial charge in [-0.1, -0.05) is 36.4 Å². The van der Waals surface area contributed by atoms with Crippen molar-refractivity contribution in [2.24, 2.45) is 0 Å². The Labute approximate surface area is 144 Å². The van der Waals surface area contributed by atoms with Crippen molar-refractivity contribution in [1.82, 2.24) is 4.72 Å². The fourth-order valence-corrected chi connectivity index (χ4v) is 3.57. The molecule has 1 N–H and O–H groups in total. The minimum Gasteiger partial charge on any atom is -0.465 e. The molecule has 0 radical (unpaired) electrons. The maximum atomic E-state index is 13.8. The van der Waals surface area contributed by atoms with Crippen LogP contribution < -0.4 is 4.72 Å². The molecule has 25 heavy (non-hydrogen) atoms. The Hall–Kier alpha value is -2.32. The molecule has 0 aromatic heterocycles. The van der Waals surface area contributed by atoms with E-state index in [2.05, 4.69) is 0 Å². The van der Waals surface area contributed by atoms with Gasteiger partial charge in [-0.05, 0) is 31.0 Å². The first-order chi connectivity index (χ1) is 11.8. The minimum atomic E-state index is -4.61. The largest absolute Gasteiger partial charge is 0.465 e. The van der Waals surface area contributed by atoms with Gasteiger partial charge in [-0.15, -0.1) is 0 Å². The molecule has 1 unspecified atom stereocenters. The molecule has 1 atom stereocenters. The maximum Gasteiger partial charge on any atom is 0.324 e. The summed E-state index contributed by atoms with van der Waals surface area (Å²) in [5.74, 6) is -3.31. The van der Waals surface area contributed by atoms with Gasteiger partial charge in [-0.2, -0.15) is 4.72 Å². The number of benzene rings is 2. The monoisotopic (exact) mass is 369 g/mol. The average molecular weight is 369 g/mol. The Balaban J connectivity index is 2.33. The first-order valence-corrected chi connectivity index (χ1v) is 9.00. The molecule has 0 bridgehead atoms. The molecular weight excluding hydrogens is 352 g/mol. The first-order valence-electron chi connectivity index (χ1n) is 7.52. The molecule has 0 aliphatic rings. The van der Waals surface area contributed by atoms with Crippen LogP contribution in [0.4, 0.5) is 8.78 Å². The van der Waals surface area contributed by atoms with Crippen LogP contribution in [0, 0.1) is 11.6 Å². The third-order valence-corrected chi connectivity index (χ3v) is 4.86. The Bertz CT molecular complexity index is 821. The van der Waals surface area contributed by atoms with Gasteiger partial charge in [0.25, 0.3) is 0 Å². The second-order valence-corrected chi connectivity index (χ2v) is 6.82. The van der Waals surface area contributed by atoms with Crippen LogP contribution in [-0.4, -0.2) is 27.0 Å². The van der Waals surface area contributed by atoms with Crippen LogP contribution in [0.3, 0.4) is 0 Å². The Morgan fingerprint density at radius 1 is 1.08 bits per heavy atom. The van der Waals surface area contributed by atoms with E-state index in [-0.39, 0.29) is 13.0 Å². The number of sulfonamides is 1. The van der Waals surface area contributed by atoms with E-state index in [9.17, 15) is 22.0 Å². The van der Waals surface area contributed by atoms with Gasteiger partial charge in [-0.3, -0.25) is 4.79 Å². The lowest BCUT2D eigenvalue weighted by molar-refractivity contribution is -0.145. The second kappa shape index (κ2) is 8.17. The fraction of sp³-hybridized carbons (Fsp3) is 0.235. The van der Waals surface area contributed by atoms with Crippen LogP contribution in [0.1, 0.15) is 12.5 Å². The summed E-state index contributed by atoms with van der Waals surface area (Å²) in [4.78, 5) is 11.0. The van der Waals surface area contributed by atoms with Crippen LogP contribution in [0.5, 0.6) is 0 Å². The standard InChI is InChI=1S/C17H17F2NO4S/c1-2-24-17(21)15(11-12-7-4-3-5-8-12)20-25(22,23)16-13(18)9-6-10-14(16)19/h3-10,15,20H,2,11H2,1H3. The van der Waals surface area contributed by atoms with Crippen molar-refractivity contribution in [3.05, 3.63) is 65.7 Å². The van der Waals surface area contributed by atoms with Crippen LogP contribution in [0.25, 0.3) is 0 Å². The summed E-state index contributed by atoms with van der Waals surface area (Å²) in [6, 6.07) is 10.0. The summed E-state index contributed by atoms with van der Waals surface area (Å²) in [6.45, 7) is 1.61. The molecule has 0 saturated carbocycles. The highest BCUT2D eigenvalue weighted by Gasteiger charge is 2.31. The molecule has 2 aromatic rings. The van der Waals surface area contributed by atoms with Crippen LogP contribution in [0.2, 0.25) is 0 Å². The minimum absolute atomic E-state index is 0.0189. The van der Waals surface area contributed by atoms with E-state index in [0.29, 0.717) is 5.56 Å². The quantitative estimate of drug-likeness (QED) is 0.761. The summed E-state index contributed by atoms with van der Waals surface area (Å²) >= 11 is 0. The molecule has 0 heterocycles. The Morgan fingerprint density at radius 2 is 1.68 bits per heavy atom. The van der Waals surface area contributed by atoms with Crippen molar-refractivity contribution in [1.29, 1.82) is 0 Å². The van der Waals surface area contributed by atoms with E-state index in [4.69, 9.17) is 4.74 Å². The topological polar surface area (TPSA) is 72.5 Å². The molecule has 8 heteroatoms. The lowest BCUT2D eigenvalue weighted by Crippen LogP contribution is -2.43. The third-order valence-electron chi connectivity index (χ3n) is 3.34. The van der Waals surface area contributed by atoms with E-state index < -0.39 is 38.6 Å². The lowest BCUT2D eigenvalue weighted by atomic mass is 10.1. The molecule has 0 aliphatic carbocycles. The van der Waals surface area contributed by atoms with Crippen molar-refractivity contribution in [3.8, 4) is 0 Å². The molecule has 2 aromatic carbocycles. The summed E-state index contributed by atoms with van der Waals surface area (Å²) in [5, 5.41) is 0. The molecule has 0 saturated heterocycles. The predicted molar refractivity (Wildman–Crippen MR) is 87.2 cm³/mol. The lowest BCUT2D eigenvalue weighted by Gasteiger charge is -2.18. The molecule has 0 spiro atoms. The highest BCUT2D eigenvalue weighted by atomic mass is 32.2. The number of nitrogens with one attached hydrogen (secondary N) is 1. The number of esters is 1. The summed E-state index contributed by atoms with van der Waals surface area (Å²) in [6.07, 6.45) is -0.0189. The van der Waals surface area contributed by atoms with Gasteiger partial charge in [0.05, 0.1) is 6.61 Å². The van der Waals surface area contributed by atoms with E-state index in [1.165, 1.54) is 0 Å². The van der Waals surface area contributed by atoms with E-state index in [1.807, 2.05) is 4.72 Å². The van der Waals surface area contributed by atoms with Gasteiger partial charge in [0.15, 0.2) is 4.90 Å². The average Bonchev–Trinajstić information content (AvgIpc) is 2.55. The van der Waals surface area contributed by atoms with Gasteiger partial charge in [-0.25, -0.2) is 17.2 Å². The zero-order valence-corrected chi connectivity index (χ0v) is 14.2. The van der Waals surface area contributed by atoms with Crippen LogP contribution in [-0.2, 0) is 26.0 Å². The van der Waals surface area contributed by atoms with Crippen molar-refractivity contribution in [2.45, 2.75) is 24.3 Å². The number of hydrogen-bond acceptors (Lipinski definition) is 4. The number of rotatable bonds is 7. The second-order valence-electron chi connectivity index (χ2n) is 5.17. The number of carbonyl (C=O) groups is 1. The summed E-state index contributed by atoms with van der Waals surface area (Å²) in [7, 11) is -4.61. The van der Waals surface area contributed by atoms with E-state index >= 15 is 0 Å². The predicted octanol–water partition coefficient (Wildman–Crippen LogP) is 2.42. The molecule has 5 nitrogen and oxygen atoms in total. The zero-order chi connectivity index (χ0) is 18.4. The molecule has 0 aliphatic heterocycles. The van der Waals surface area contributed by atoms with Gasteiger partial charge in [0, 0.05) is 0 Å². The van der Waals surface area contributed by atoms with Crippen molar-refractivity contribution in [2.75, 3.05) is 6.61 Å². The smallest absolute Gasteiger partial charge is 0.324 e. The Morgan fingerprint density at radius 3 is 2.24 bits per heavy atom. The number of ether oxygens (including phenoxy) is 1. The third kappa shape index (κ3) is 4.83. The van der Waals surface area contributed by atoms with Gasteiger partial charge in [0.1, 0.15) is 17.7 Å². The number of halogens is 2. The van der Waals surface area contributed by atoms with E-state index in [0.717, 1.165) is 18.2 Å². The van der Waals surface area contributed by atoms with Gasteiger partial charge < -0.3 is 4.74 Å². The SMILES string of the molecule is CCOC(=O)C(Cc1ccccc1)NS(=O)(=O)c1c(F)cccc1F. The van der Waals surface area contributed by atoms with Crippen molar-refractivity contribution < 1.29 is 26.7 Å². The van der Waals surface area contributed by atoms with Crippen LogP contribution >= 0.6 is 0 Å². The molecule has 134 valence electrons. The first kappa shape index (κ1) is 19.0. The highest BCUT2D eigenvalue weighted by Crippen LogP contribution is 2.19.